The number of hydrogen-bond donors (Lipinski definition) is 2. The summed E-state index contributed by atoms with van der Waals surface area (Å²) in [7, 11) is -3.97. The number of furan rings is 1. The van der Waals surface area contributed by atoms with Crippen molar-refractivity contribution in [2.75, 3.05) is 5.32 Å². The van der Waals surface area contributed by atoms with Crippen LogP contribution in [0.25, 0.3) is 0 Å². The number of nitrogens with zero attached hydrogens (tertiary/aromatic N) is 1. The molecule has 142 valence electrons. The Hall–Kier alpha value is -3.12. The van der Waals surface area contributed by atoms with Crippen molar-refractivity contribution in [3.63, 3.8) is 0 Å². The van der Waals surface area contributed by atoms with E-state index < -0.39 is 15.9 Å². The molecule has 1 heterocycles. The van der Waals surface area contributed by atoms with Gasteiger partial charge in [-0.15, -0.1) is 0 Å². The number of nitrogens with one attached hydrogen (secondary N) is 2. The molecule has 7 nitrogen and oxygen atoms in total. The van der Waals surface area contributed by atoms with E-state index in [9.17, 15) is 13.2 Å². The van der Waals surface area contributed by atoms with Crippen LogP contribution >= 0.6 is 11.6 Å². The summed E-state index contributed by atoms with van der Waals surface area (Å²) >= 11 is 6.04. The largest absolute Gasteiger partial charge is 0.468 e. The quantitative estimate of drug-likeness (QED) is 0.639. The van der Waals surface area contributed by atoms with Crippen LogP contribution in [-0.4, -0.2) is 14.3 Å². The molecule has 0 fully saturated rings. The molecule has 1 amide bonds. The van der Waals surface area contributed by atoms with Crippen LogP contribution in [0.4, 0.5) is 5.69 Å². The molecule has 0 unspecified atom stereocenters. The van der Waals surface area contributed by atoms with Gasteiger partial charge in [0.2, 0.25) is 10.0 Å². The Labute approximate surface area is 166 Å². The van der Waals surface area contributed by atoms with E-state index in [1.165, 1.54) is 30.5 Å². The van der Waals surface area contributed by atoms with E-state index in [-0.39, 0.29) is 22.0 Å². The van der Waals surface area contributed by atoms with Crippen LogP contribution in [0.15, 0.2) is 70.2 Å². The van der Waals surface area contributed by atoms with Gasteiger partial charge in [-0.05, 0) is 48.5 Å². The Morgan fingerprint density at radius 2 is 1.96 bits per heavy atom. The molecule has 0 aliphatic carbocycles. The molecular weight excluding hydrogens is 402 g/mol. The van der Waals surface area contributed by atoms with Gasteiger partial charge in [-0.3, -0.25) is 4.79 Å². The summed E-state index contributed by atoms with van der Waals surface area (Å²) in [6.45, 7) is -0.0525. The van der Waals surface area contributed by atoms with Crippen molar-refractivity contribution in [2.45, 2.75) is 11.4 Å². The molecule has 3 aromatic rings. The number of carbonyl (C=O) groups is 1. The average Bonchev–Trinajstić information content (AvgIpc) is 3.20. The summed E-state index contributed by atoms with van der Waals surface area (Å²) in [5.41, 5.74) is 0.906. The van der Waals surface area contributed by atoms with Crippen molar-refractivity contribution in [3.05, 3.63) is 82.8 Å². The van der Waals surface area contributed by atoms with E-state index in [2.05, 4.69) is 10.0 Å². The normalized spacial score (nSPS) is 11.0. The number of amides is 1. The highest BCUT2D eigenvalue weighted by atomic mass is 35.5. The summed E-state index contributed by atoms with van der Waals surface area (Å²) in [6.07, 6.45) is 1.43. The lowest BCUT2D eigenvalue weighted by Gasteiger charge is -2.10. The number of anilines is 1. The SMILES string of the molecule is N#Cc1cccc(NC(=O)c2ccc(Cl)c(S(=O)(=O)NCc3ccco3)c2)c1. The number of hydrogen-bond acceptors (Lipinski definition) is 5. The fourth-order valence-electron chi connectivity index (χ4n) is 2.38. The third kappa shape index (κ3) is 4.58. The second-order valence-corrected chi connectivity index (χ2v) is 7.84. The fraction of sp³-hybridized carbons (Fsp3) is 0.0526. The summed E-state index contributed by atoms with van der Waals surface area (Å²) in [6, 6.07) is 15.6. The predicted octanol–water partition coefficient (Wildman–Crippen LogP) is 3.54. The van der Waals surface area contributed by atoms with Gasteiger partial charge < -0.3 is 9.73 Å². The number of carbonyl (C=O) groups excluding carboxylic acids is 1. The minimum Gasteiger partial charge on any atom is -0.468 e. The van der Waals surface area contributed by atoms with Crippen LogP contribution in [0.1, 0.15) is 21.7 Å². The number of rotatable bonds is 6. The van der Waals surface area contributed by atoms with Crippen LogP contribution in [0.3, 0.4) is 0 Å². The first kappa shape index (κ1) is 19.6. The predicted molar refractivity (Wildman–Crippen MR) is 103 cm³/mol. The smallest absolute Gasteiger partial charge is 0.255 e. The van der Waals surface area contributed by atoms with Crippen molar-refractivity contribution in [1.82, 2.24) is 4.72 Å². The second-order valence-electron chi connectivity index (χ2n) is 5.70. The molecule has 28 heavy (non-hydrogen) atoms. The van der Waals surface area contributed by atoms with Crippen LogP contribution in [-0.2, 0) is 16.6 Å². The van der Waals surface area contributed by atoms with E-state index in [1.807, 2.05) is 6.07 Å². The number of sulfonamides is 1. The topological polar surface area (TPSA) is 112 Å². The van der Waals surface area contributed by atoms with Gasteiger partial charge in [0.1, 0.15) is 10.7 Å². The molecule has 1 aromatic heterocycles. The Kier molecular flexibility index (Phi) is 5.80. The van der Waals surface area contributed by atoms with Crippen LogP contribution < -0.4 is 10.0 Å². The van der Waals surface area contributed by atoms with Crippen LogP contribution in [0, 0.1) is 11.3 Å². The van der Waals surface area contributed by atoms with Gasteiger partial charge in [-0.2, -0.15) is 5.26 Å². The van der Waals surface area contributed by atoms with Gasteiger partial charge >= 0.3 is 0 Å². The molecule has 0 aliphatic rings. The molecule has 0 saturated heterocycles. The Bertz CT molecular complexity index is 1150. The van der Waals surface area contributed by atoms with E-state index in [1.54, 1.807) is 30.3 Å². The zero-order valence-electron chi connectivity index (χ0n) is 14.3. The van der Waals surface area contributed by atoms with Gasteiger partial charge in [0, 0.05) is 11.3 Å². The lowest BCUT2D eigenvalue weighted by molar-refractivity contribution is 0.102. The number of benzene rings is 2. The summed E-state index contributed by atoms with van der Waals surface area (Å²) in [4.78, 5) is 12.3. The average molecular weight is 416 g/mol. The highest BCUT2D eigenvalue weighted by molar-refractivity contribution is 7.89. The zero-order chi connectivity index (χ0) is 20.1. The van der Waals surface area contributed by atoms with Gasteiger partial charge in [0.05, 0.1) is 29.5 Å². The highest BCUT2D eigenvalue weighted by Crippen LogP contribution is 2.23. The lowest BCUT2D eigenvalue weighted by Crippen LogP contribution is -2.24. The number of halogens is 1. The second kappa shape index (κ2) is 8.27. The van der Waals surface area contributed by atoms with Gasteiger partial charge in [0.25, 0.3) is 5.91 Å². The summed E-state index contributed by atoms with van der Waals surface area (Å²) in [5.74, 6) is -0.0970. The van der Waals surface area contributed by atoms with Crippen LogP contribution in [0.5, 0.6) is 0 Å². The third-order valence-electron chi connectivity index (χ3n) is 3.75. The molecule has 0 saturated carbocycles. The van der Waals surface area contributed by atoms with Crippen molar-refractivity contribution in [1.29, 1.82) is 5.26 Å². The van der Waals surface area contributed by atoms with E-state index in [0.29, 0.717) is 17.0 Å². The van der Waals surface area contributed by atoms with Crippen molar-refractivity contribution in [3.8, 4) is 6.07 Å². The minimum atomic E-state index is -3.97. The molecule has 3 rings (SSSR count). The molecule has 0 aliphatic heterocycles. The molecular formula is C19H14ClN3O4S. The maximum Gasteiger partial charge on any atom is 0.255 e. The zero-order valence-corrected chi connectivity index (χ0v) is 15.9. The maximum atomic E-state index is 12.6. The Balaban J connectivity index is 1.82. The van der Waals surface area contributed by atoms with Gasteiger partial charge in [-0.25, -0.2) is 13.1 Å². The highest BCUT2D eigenvalue weighted by Gasteiger charge is 2.20. The molecule has 9 heteroatoms. The maximum absolute atomic E-state index is 12.6. The molecule has 2 aromatic carbocycles. The van der Waals surface area contributed by atoms with Gasteiger partial charge in [-0.1, -0.05) is 17.7 Å². The van der Waals surface area contributed by atoms with Crippen LogP contribution in [0.2, 0.25) is 5.02 Å². The minimum absolute atomic E-state index is 0.0185. The third-order valence-corrected chi connectivity index (χ3v) is 5.63. The summed E-state index contributed by atoms with van der Waals surface area (Å²) in [5, 5.41) is 11.5. The Morgan fingerprint density at radius 3 is 2.68 bits per heavy atom. The first-order chi connectivity index (χ1) is 13.4. The molecule has 0 radical (unpaired) electrons. The van der Waals surface area contributed by atoms with Crippen molar-refractivity contribution < 1.29 is 17.6 Å². The monoisotopic (exact) mass is 415 g/mol. The van der Waals surface area contributed by atoms with E-state index >= 15 is 0 Å². The molecule has 0 bridgehead atoms. The first-order valence-electron chi connectivity index (χ1n) is 8.02. The van der Waals surface area contributed by atoms with Gasteiger partial charge in [0.15, 0.2) is 0 Å². The van der Waals surface area contributed by atoms with E-state index in [4.69, 9.17) is 21.3 Å². The first-order valence-corrected chi connectivity index (χ1v) is 9.88. The number of nitriles is 1. The fourth-order valence-corrected chi connectivity index (χ4v) is 3.89. The molecule has 0 spiro atoms. The molecule has 0 atom stereocenters. The standard InChI is InChI=1S/C19H14ClN3O4S/c20-17-7-6-14(19(24)23-15-4-1-3-13(9-15)11-21)10-18(17)28(25,26)22-12-16-5-2-8-27-16/h1-10,22H,12H2,(H,23,24). The Morgan fingerprint density at radius 1 is 1.14 bits per heavy atom. The lowest BCUT2D eigenvalue weighted by atomic mass is 10.2. The van der Waals surface area contributed by atoms with E-state index in [0.717, 1.165) is 0 Å². The van der Waals surface area contributed by atoms with Crippen molar-refractivity contribution in [2.24, 2.45) is 0 Å². The summed E-state index contributed by atoms with van der Waals surface area (Å²) < 4.78 is 32.6. The van der Waals surface area contributed by atoms with Crippen molar-refractivity contribution >= 4 is 33.2 Å². The molecule has 2 N–H and O–H groups in total.